The van der Waals surface area contributed by atoms with Gasteiger partial charge in [0.25, 0.3) is 0 Å². The quantitative estimate of drug-likeness (QED) is 0.830. The molecule has 130 valence electrons. The normalized spacial score (nSPS) is 19.0. The van der Waals surface area contributed by atoms with Gasteiger partial charge in [-0.2, -0.15) is 0 Å². The lowest BCUT2D eigenvalue weighted by molar-refractivity contribution is -0.122. The molecule has 1 aromatic carbocycles. The van der Waals surface area contributed by atoms with Crippen LogP contribution in [0.2, 0.25) is 0 Å². The third kappa shape index (κ3) is 5.37. The topological polar surface area (TPSA) is 70.6 Å². The van der Waals surface area contributed by atoms with Gasteiger partial charge in [-0.25, -0.2) is 0 Å². The molecule has 0 aromatic heterocycles. The van der Waals surface area contributed by atoms with Crippen LogP contribution in [-0.2, 0) is 9.59 Å². The summed E-state index contributed by atoms with van der Waals surface area (Å²) in [7, 11) is 0. The van der Waals surface area contributed by atoms with Crippen molar-refractivity contribution in [2.75, 3.05) is 11.9 Å². The van der Waals surface area contributed by atoms with Crippen molar-refractivity contribution in [1.82, 2.24) is 5.32 Å². The minimum Gasteiger partial charge on any atom is -0.326 e. The van der Waals surface area contributed by atoms with Crippen LogP contribution in [0.3, 0.4) is 0 Å². The van der Waals surface area contributed by atoms with Crippen LogP contribution in [0.1, 0.15) is 37.8 Å². The van der Waals surface area contributed by atoms with E-state index < -0.39 is 5.25 Å². The Labute approximate surface area is 147 Å². The zero-order valence-corrected chi connectivity index (χ0v) is 15.5. The summed E-state index contributed by atoms with van der Waals surface area (Å²) in [6, 6.07) is 5.87. The molecule has 2 N–H and O–H groups in total. The number of rotatable bonds is 6. The minimum absolute atomic E-state index is 0.140. The summed E-state index contributed by atoms with van der Waals surface area (Å²) in [6.45, 7) is 8.95. The Morgan fingerprint density at radius 3 is 2.79 bits per heavy atom. The van der Waals surface area contributed by atoms with E-state index in [1.165, 1.54) is 11.8 Å². The van der Waals surface area contributed by atoms with Crippen molar-refractivity contribution in [3.8, 4) is 0 Å². The highest BCUT2D eigenvalue weighted by molar-refractivity contribution is 8.15. The molecular weight excluding hydrogens is 322 g/mol. The van der Waals surface area contributed by atoms with Gasteiger partial charge < -0.3 is 10.6 Å². The molecule has 0 spiro atoms. The van der Waals surface area contributed by atoms with E-state index >= 15 is 0 Å². The number of hydrogen-bond donors (Lipinski definition) is 2. The Bertz CT molecular complexity index is 656. The smallest absolute Gasteiger partial charge is 0.240 e. The maximum atomic E-state index is 12.2. The van der Waals surface area contributed by atoms with Crippen molar-refractivity contribution in [3.63, 3.8) is 0 Å². The van der Waals surface area contributed by atoms with Crippen molar-refractivity contribution in [3.05, 3.63) is 29.3 Å². The van der Waals surface area contributed by atoms with Crippen LogP contribution in [0.4, 0.5) is 5.69 Å². The number of nitrogens with one attached hydrogen (secondary N) is 2. The lowest BCUT2D eigenvalue weighted by Crippen LogP contribution is -2.28. The van der Waals surface area contributed by atoms with E-state index in [1.807, 2.05) is 32.0 Å². The fraction of sp³-hybridized carbons (Fsp3) is 0.500. The molecule has 1 saturated heterocycles. The lowest BCUT2D eigenvalue weighted by atomic mass is 10.1. The molecule has 1 aromatic rings. The Balaban J connectivity index is 1.88. The third-order valence-corrected chi connectivity index (χ3v) is 4.88. The predicted molar refractivity (Wildman–Crippen MR) is 100 cm³/mol. The van der Waals surface area contributed by atoms with E-state index in [4.69, 9.17) is 0 Å². The molecule has 1 aliphatic heterocycles. The summed E-state index contributed by atoms with van der Waals surface area (Å²) in [6.07, 6.45) is 1.13. The van der Waals surface area contributed by atoms with Crippen molar-refractivity contribution in [1.29, 1.82) is 0 Å². The molecule has 2 amide bonds. The zero-order valence-electron chi connectivity index (χ0n) is 14.7. The van der Waals surface area contributed by atoms with Crippen LogP contribution >= 0.6 is 11.8 Å². The molecule has 1 heterocycles. The highest BCUT2D eigenvalue weighted by Gasteiger charge is 2.32. The Hall–Kier alpha value is -1.82. The highest BCUT2D eigenvalue weighted by Crippen LogP contribution is 2.24. The molecule has 6 heteroatoms. The van der Waals surface area contributed by atoms with Crippen molar-refractivity contribution in [2.24, 2.45) is 10.9 Å². The van der Waals surface area contributed by atoms with Crippen molar-refractivity contribution in [2.45, 2.75) is 45.8 Å². The summed E-state index contributed by atoms with van der Waals surface area (Å²) in [5.41, 5.74) is 2.96. The van der Waals surface area contributed by atoms with Crippen LogP contribution in [0.5, 0.6) is 0 Å². The van der Waals surface area contributed by atoms with Gasteiger partial charge in [0.1, 0.15) is 5.25 Å². The summed E-state index contributed by atoms with van der Waals surface area (Å²) in [5, 5.41) is 5.87. The molecule has 5 nitrogen and oxygen atoms in total. The summed E-state index contributed by atoms with van der Waals surface area (Å²) < 4.78 is 0. The molecule has 24 heavy (non-hydrogen) atoms. The number of anilines is 1. The van der Waals surface area contributed by atoms with E-state index in [9.17, 15) is 9.59 Å². The molecule has 2 rings (SSSR count). The first-order valence-corrected chi connectivity index (χ1v) is 9.12. The molecule has 1 fully saturated rings. The van der Waals surface area contributed by atoms with Crippen molar-refractivity contribution < 1.29 is 9.59 Å². The Morgan fingerprint density at radius 2 is 2.12 bits per heavy atom. The Morgan fingerprint density at radius 1 is 1.38 bits per heavy atom. The van der Waals surface area contributed by atoms with Gasteiger partial charge >= 0.3 is 0 Å². The molecular formula is C18H25N3O2S. The fourth-order valence-electron chi connectivity index (χ4n) is 2.36. The van der Waals surface area contributed by atoms with E-state index in [1.54, 1.807) is 0 Å². The largest absolute Gasteiger partial charge is 0.326 e. The number of aryl methyl sites for hydroxylation is 2. The number of thioether (sulfide) groups is 1. The predicted octanol–water partition coefficient (Wildman–Crippen LogP) is 3.27. The van der Waals surface area contributed by atoms with E-state index in [2.05, 4.69) is 29.5 Å². The number of aliphatic imine (C=N–C) groups is 1. The summed E-state index contributed by atoms with van der Waals surface area (Å²) in [5.74, 6) is 0.285. The molecule has 1 aliphatic rings. The maximum Gasteiger partial charge on any atom is 0.240 e. The highest BCUT2D eigenvalue weighted by atomic mass is 32.2. The molecule has 0 aliphatic carbocycles. The van der Waals surface area contributed by atoms with E-state index in [0.29, 0.717) is 17.6 Å². The monoisotopic (exact) mass is 347 g/mol. The van der Waals surface area contributed by atoms with E-state index in [0.717, 1.165) is 23.2 Å². The second kappa shape index (κ2) is 8.33. The Kier molecular flexibility index (Phi) is 6.43. The van der Waals surface area contributed by atoms with Gasteiger partial charge in [0.15, 0.2) is 5.17 Å². The number of carbonyl (C=O) groups excluding carboxylic acids is 2. The number of amides is 2. The van der Waals surface area contributed by atoms with Gasteiger partial charge in [-0.05, 0) is 37.8 Å². The number of nitrogens with zero attached hydrogens (tertiary/aromatic N) is 1. The maximum absolute atomic E-state index is 12.2. The van der Waals surface area contributed by atoms with Gasteiger partial charge in [-0.3, -0.25) is 14.6 Å². The van der Waals surface area contributed by atoms with Crippen LogP contribution < -0.4 is 10.6 Å². The first-order chi connectivity index (χ1) is 11.3. The van der Waals surface area contributed by atoms with Gasteiger partial charge in [0.2, 0.25) is 11.8 Å². The second-order valence-corrected chi connectivity index (χ2v) is 7.73. The summed E-state index contributed by atoms with van der Waals surface area (Å²) in [4.78, 5) is 28.6. The van der Waals surface area contributed by atoms with Crippen LogP contribution in [0.15, 0.2) is 23.2 Å². The van der Waals surface area contributed by atoms with Crippen LogP contribution in [-0.4, -0.2) is 28.8 Å². The third-order valence-electron chi connectivity index (χ3n) is 3.77. The number of carbonyl (C=O) groups is 2. The van der Waals surface area contributed by atoms with E-state index in [-0.39, 0.29) is 18.2 Å². The minimum atomic E-state index is -0.409. The number of benzene rings is 1. The molecule has 0 saturated carbocycles. The second-order valence-electron chi connectivity index (χ2n) is 6.54. The molecule has 0 unspecified atom stereocenters. The van der Waals surface area contributed by atoms with Gasteiger partial charge in [0, 0.05) is 18.7 Å². The van der Waals surface area contributed by atoms with Crippen LogP contribution in [0, 0.1) is 19.8 Å². The first kappa shape index (κ1) is 18.5. The molecule has 0 radical (unpaired) electrons. The van der Waals surface area contributed by atoms with Gasteiger partial charge in [-0.15, -0.1) is 0 Å². The standard InChI is InChI=1S/C18H25N3O2S/c1-11(2)7-8-19-18-21-17(23)15(24-18)10-16(22)20-14-6-5-12(3)9-13(14)4/h5-6,9,11,15H,7-8,10H2,1-4H3,(H,20,22)(H,19,21,23)/t15-/m0/s1. The SMILES string of the molecule is Cc1ccc(NC(=O)C[C@@H]2SC(=NCCC(C)C)NC2=O)c(C)c1. The molecule has 1 atom stereocenters. The summed E-state index contributed by atoms with van der Waals surface area (Å²) >= 11 is 1.34. The fourth-order valence-corrected chi connectivity index (χ4v) is 3.36. The van der Waals surface area contributed by atoms with Gasteiger partial charge in [-0.1, -0.05) is 43.3 Å². The average molecular weight is 347 g/mol. The van der Waals surface area contributed by atoms with Crippen molar-refractivity contribution >= 4 is 34.4 Å². The first-order valence-electron chi connectivity index (χ1n) is 8.24. The lowest BCUT2D eigenvalue weighted by Gasteiger charge is -2.10. The van der Waals surface area contributed by atoms with Crippen LogP contribution in [0.25, 0.3) is 0 Å². The number of amidine groups is 1. The average Bonchev–Trinajstić information content (AvgIpc) is 2.81. The van der Waals surface area contributed by atoms with Gasteiger partial charge in [0.05, 0.1) is 0 Å². The molecule has 0 bridgehead atoms. The zero-order chi connectivity index (χ0) is 17.7. The number of hydrogen-bond acceptors (Lipinski definition) is 4.